The van der Waals surface area contributed by atoms with Crippen molar-refractivity contribution in [2.24, 2.45) is 0 Å². The zero-order valence-electron chi connectivity index (χ0n) is 9.70. The third-order valence-electron chi connectivity index (χ3n) is 2.20. The highest BCUT2D eigenvalue weighted by Crippen LogP contribution is 2.15. The average Bonchev–Trinajstić information content (AvgIpc) is 2.22. The standard InChI is InChI=1S/C13H18FNO/c1-3-6-15-10(2)4-5-11-7-12(14)9-13(16)8-11/h4-5,7-10,15-16H,3,6H2,1-2H3/b5-4+. The largest absolute Gasteiger partial charge is 0.508 e. The molecule has 0 spiro atoms. The molecule has 0 aromatic heterocycles. The molecule has 0 saturated carbocycles. The number of phenolic OH excluding ortho intramolecular Hbond substituents is 1. The van der Waals surface area contributed by atoms with E-state index >= 15 is 0 Å². The van der Waals surface area contributed by atoms with E-state index in [-0.39, 0.29) is 11.8 Å². The minimum Gasteiger partial charge on any atom is -0.508 e. The predicted molar refractivity (Wildman–Crippen MR) is 64.9 cm³/mol. The summed E-state index contributed by atoms with van der Waals surface area (Å²) >= 11 is 0. The summed E-state index contributed by atoms with van der Waals surface area (Å²) in [6.45, 7) is 5.10. The molecule has 0 radical (unpaired) electrons. The van der Waals surface area contributed by atoms with Crippen molar-refractivity contribution < 1.29 is 9.50 Å². The Bertz CT molecular complexity index is 343. The zero-order valence-corrected chi connectivity index (χ0v) is 9.70. The molecule has 0 amide bonds. The first-order valence-electron chi connectivity index (χ1n) is 5.53. The molecule has 88 valence electrons. The van der Waals surface area contributed by atoms with Crippen molar-refractivity contribution in [3.8, 4) is 5.75 Å². The van der Waals surface area contributed by atoms with E-state index in [1.807, 2.05) is 13.0 Å². The van der Waals surface area contributed by atoms with Gasteiger partial charge in [-0.15, -0.1) is 0 Å². The van der Waals surface area contributed by atoms with Gasteiger partial charge in [-0.3, -0.25) is 0 Å². The SMILES string of the molecule is CCCNC(C)/C=C/c1cc(O)cc(F)c1. The molecule has 0 saturated heterocycles. The van der Waals surface area contributed by atoms with Gasteiger partial charge in [-0.2, -0.15) is 0 Å². The van der Waals surface area contributed by atoms with Crippen molar-refractivity contribution in [3.63, 3.8) is 0 Å². The molecule has 2 N–H and O–H groups in total. The van der Waals surface area contributed by atoms with Gasteiger partial charge in [0.1, 0.15) is 11.6 Å². The van der Waals surface area contributed by atoms with E-state index in [1.54, 1.807) is 6.08 Å². The van der Waals surface area contributed by atoms with Crippen molar-refractivity contribution in [3.05, 3.63) is 35.7 Å². The highest BCUT2D eigenvalue weighted by atomic mass is 19.1. The minimum atomic E-state index is -0.422. The van der Waals surface area contributed by atoms with Crippen LogP contribution in [0.3, 0.4) is 0 Å². The molecule has 0 bridgehead atoms. The van der Waals surface area contributed by atoms with Gasteiger partial charge < -0.3 is 10.4 Å². The van der Waals surface area contributed by atoms with Gasteiger partial charge in [-0.05, 0) is 37.6 Å². The number of phenols is 1. The van der Waals surface area contributed by atoms with Gasteiger partial charge in [0.05, 0.1) is 0 Å². The Balaban J connectivity index is 2.61. The number of nitrogens with one attached hydrogen (secondary N) is 1. The second kappa shape index (κ2) is 6.28. The fourth-order valence-corrected chi connectivity index (χ4v) is 1.39. The highest BCUT2D eigenvalue weighted by Gasteiger charge is 1.98. The normalized spacial score (nSPS) is 13.2. The van der Waals surface area contributed by atoms with E-state index in [0.29, 0.717) is 5.56 Å². The molecular weight excluding hydrogens is 205 g/mol. The summed E-state index contributed by atoms with van der Waals surface area (Å²) < 4.78 is 12.9. The van der Waals surface area contributed by atoms with Crippen molar-refractivity contribution in [2.45, 2.75) is 26.3 Å². The topological polar surface area (TPSA) is 32.3 Å². The second-order valence-corrected chi connectivity index (χ2v) is 3.84. The molecule has 1 aromatic rings. The van der Waals surface area contributed by atoms with E-state index in [1.165, 1.54) is 12.1 Å². The summed E-state index contributed by atoms with van der Waals surface area (Å²) in [5, 5.41) is 12.5. The van der Waals surface area contributed by atoms with Crippen LogP contribution < -0.4 is 5.32 Å². The number of hydrogen-bond acceptors (Lipinski definition) is 2. The van der Waals surface area contributed by atoms with Gasteiger partial charge in [0.15, 0.2) is 0 Å². The number of aromatic hydroxyl groups is 1. The molecule has 1 aromatic carbocycles. The lowest BCUT2D eigenvalue weighted by atomic mass is 10.1. The van der Waals surface area contributed by atoms with Crippen LogP contribution in [0.4, 0.5) is 4.39 Å². The van der Waals surface area contributed by atoms with Crippen LogP contribution in [0, 0.1) is 5.82 Å². The lowest BCUT2D eigenvalue weighted by Gasteiger charge is -2.07. The first-order valence-corrected chi connectivity index (χ1v) is 5.53. The highest BCUT2D eigenvalue weighted by molar-refractivity contribution is 5.52. The number of benzene rings is 1. The molecule has 0 aliphatic rings. The lowest BCUT2D eigenvalue weighted by molar-refractivity contribution is 0.469. The number of halogens is 1. The van der Waals surface area contributed by atoms with Crippen LogP contribution in [-0.2, 0) is 0 Å². The number of rotatable bonds is 5. The molecular formula is C13H18FNO. The maximum atomic E-state index is 12.9. The number of hydrogen-bond donors (Lipinski definition) is 2. The van der Waals surface area contributed by atoms with Crippen LogP contribution in [0.1, 0.15) is 25.8 Å². The van der Waals surface area contributed by atoms with Gasteiger partial charge in [-0.25, -0.2) is 4.39 Å². The van der Waals surface area contributed by atoms with Crippen molar-refractivity contribution >= 4 is 6.08 Å². The Kier molecular flexibility index (Phi) is 4.99. The zero-order chi connectivity index (χ0) is 12.0. The maximum absolute atomic E-state index is 12.9. The van der Waals surface area contributed by atoms with E-state index in [0.717, 1.165) is 19.0 Å². The van der Waals surface area contributed by atoms with Gasteiger partial charge >= 0.3 is 0 Å². The average molecular weight is 223 g/mol. The lowest BCUT2D eigenvalue weighted by Crippen LogP contribution is -2.24. The second-order valence-electron chi connectivity index (χ2n) is 3.84. The Hall–Kier alpha value is -1.35. The quantitative estimate of drug-likeness (QED) is 0.804. The first-order chi connectivity index (χ1) is 7.61. The molecule has 16 heavy (non-hydrogen) atoms. The fraction of sp³-hybridized carbons (Fsp3) is 0.385. The van der Waals surface area contributed by atoms with Crippen LogP contribution in [0.25, 0.3) is 6.08 Å². The Morgan fingerprint density at radius 1 is 1.44 bits per heavy atom. The van der Waals surface area contributed by atoms with Gasteiger partial charge in [-0.1, -0.05) is 19.1 Å². The monoisotopic (exact) mass is 223 g/mol. The molecule has 1 unspecified atom stereocenters. The summed E-state index contributed by atoms with van der Waals surface area (Å²) in [5.41, 5.74) is 0.669. The van der Waals surface area contributed by atoms with Crippen LogP contribution in [0.15, 0.2) is 24.3 Å². The summed E-state index contributed by atoms with van der Waals surface area (Å²) in [6, 6.07) is 4.26. The van der Waals surface area contributed by atoms with E-state index in [2.05, 4.69) is 12.2 Å². The molecule has 3 heteroatoms. The van der Waals surface area contributed by atoms with E-state index in [4.69, 9.17) is 0 Å². The molecule has 1 atom stereocenters. The van der Waals surface area contributed by atoms with E-state index < -0.39 is 5.82 Å². The van der Waals surface area contributed by atoms with Crippen molar-refractivity contribution in [1.29, 1.82) is 0 Å². The first kappa shape index (κ1) is 12.7. The Morgan fingerprint density at radius 3 is 2.81 bits per heavy atom. The van der Waals surface area contributed by atoms with Crippen LogP contribution >= 0.6 is 0 Å². The third kappa shape index (κ3) is 4.45. The van der Waals surface area contributed by atoms with Crippen LogP contribution in [-0.4, -0.2) is 17.7 Å². The Labute approximate surface area is 95.8 Å². The van der Waals surface area contributed by atoms with Crippen molar-refractivity contribution in [1.82, 2.24) is 5.32 Å². The van der Waals surface area contributed by atoms with Gasteiger partial charge in [0.25, 0.3) is 0 Å². The molecule has 1 rings (SSSR count). The Morgan fingerprint density at radius 2 is 2.19 bits per heavy atom. The molecule has 0 aliphatic carbocycles. The maximum Gasteiger partial charge on any atom is 0.127 e. The molecule has 0 fully saturated rings. The van der Waals surface area contributed by atoms with Crippen LogP contribution in [0.2, 0.25) is 0 Å². The molecule has 0 aliphatic heterocycles. The minimum absolute atomic E-state index is 0.0474. The fourth-order valence-electron chi connectivity index (χ4n) is 1.39. The molecule has 0 heterocycles. The van der Waals surface area contributed by atoms with Crippen LogP contribution in [0.5, 0.6) is 5.75 Å². The summed E-state index contributed by atoms with van der Waals surface area (Å²) in [5.74, 6) is -0.470. The van der Waals surface area contributed by atoms with Gasteiger partial charge in [0, 0.05) is 12.1 Å². The summed E-state index contributed by atoms with van der Waals surface area (Å²) in [7, 11) is 0. The van der Waals surface area contributed by atoms with Gasteiger partial charge in [0.2, 0.25) is 0 Å². The summed E-state index contributed by atoms with van der Waals surface area (Å²) in [6.07, 6.45) is 4.83. The molecule has 2 nitrogen and oxygen atoms in total. The summed E-state index contributed by atoms with van der Waals surface area (Å²) in [4.78, 5) is 0. The predicted octanol–water partition coefficient (Wildman–Crippen LogP) is 2.93. The van der Waals surface area contributed by atoms with Crippen molar-refractivity contribution in [2.75, 3.05) is 6.54 Å². The smallest absolute Gasteiger partial charge is 0.127 e. The van der Waals surface area contributed by atoms with E-state index in [9.17, 15) is 9.50 Å². The third-order valence-corrected chi connectivity index (χ3v) is 2.20.